The quantitative estimate of drug-likeness (QED) is 0.473. The average Bonchev–Trinajstić information content (AvgIpc) is 1.86. The summed E-state index contributed by atoms with van der Waals surface area (Å²) in [6, 6.07) is 0. The molecule has 6 heteroatoms. The first-order chi connectivity index (χ1) is 4.97. The van der Waals surface area contributed by atoms with Gasteiger partial charge in [-0.15, -0.1) is 6.58 Å². The van der Waals surface area contributed by atoms with Gasteiger partial charge in [-0.05, 0) is 6.92 Å². The highest BCUT2D eigenvalue weighted by atomic mass is 32.3. The molecule has 0 aromatic heterocycles. The molecule has 0 aliphatic rings. The van der Waals surface area contributed by atoms with E-state index in [0.29, 0.717) is 6.54 Å². The Balaban J connectivity index is 0. The average molecular weight is 183 g/mol. The summed E-state index contributed by atoms with van der Waals surface area (Å²) in [7, 11) is -4.17. The van der Waals surface area contributed by atoms with E-state index >= 15 is 0 Å². The van der Waals surface area contributed by atoms with Gasteiger partial charge in [0, 0.05) is 6.54 Å². The molecule has 0 unspecified atom stereocenters. The minimum atomic E-state index is -4.17. The largest absolute Gasteiger partial charge is 0.397 e. The van der Waals surface area contributed by atoms with Crippen LogP contribution in [0.4, 0.5) is 0 Å². The molecular formula is C5H13NO4S. The lowest BCUT2D eigenvalue weighted by Crippen LogP contribution is -2.01. The van der Waals surface area contributed by atoms with E-state index in [1.54, 1.807) is 6.08 Å². The lowest BCUT2D eigenvalue weighted by atomic mass is 10.7. The van der Waals surface area contributed by atoms with Gasteiger partial charge in [-0.3, -0.25) is 4.55 Å². The molecule has 0 aromatic rings. The monoisotopic (exact) mass is 183 g/mol. The molecule has 0 atom stereocenters. The fraction of sp³-hybridized carbons (Fsp3) is 0.600. The smallest absolute Gasteiger partial charge is 0.327 e. The van der Waals surface area contributed by atoms with Crippen LogP contribution in [0.2, 0.25) is 0 Å². The zero-order chi connectivity index (χ0) is 9.33. The first-order valence-electron chi connectivity index (χ1n) is 2.90. The molecule has 5 nitrogen and oxygen atoms in total. The lowest BCUT2D eigenvalue weighted by molar-refractivity contribution is 0.283. The molecule has 0 heterocycles. The van der Waals surface area contributed by atoms with Gasteiger partial charge >= 0.3 is 10.4 Å². The Morgan fingerprint density at radius 1 is 1.73 bits per heavy atom. The zero-order valence-electron chi connectivity index (χ0n) is 6.36. The van der Waals surface area contributed by atoms with Crippen LogP contribution in [-0.4, -0.2) is 26.1 Å². The van der Waals surface area contributed by atoms with Crippen LogP contribution in [0.25, 0.3) is 0 Å². The van der Waals surface area contributed by atoms with Crippen molar-refractivity contribution >= 4 is 10.4 Å². The molecule has 0 saturated carbocycles. The van der Waals surface area contributed by atoms with Crippen molar-refractivity contribution < 1.29 is 17.2 Å². The van der Waals surface area contributed by atoms with Gasteiger partial charge in [-0.1, -0.05) is 6.08 Å². The Hall–Kier alpha value is -0.430. The van der Waals surface area contributed by atoms with Crippen molar-refractivity contribution in [1.82, 2.24) is 0 Å². The predicted octanol–water partition coefficient (Wildman–Crippen LogP) is -0.0432. The predicted molar refractivity (Wildman–Crippen MR) is 42.4 cm³/mol. The normalized spacial score (nSPS) is 9.73. The highest BCUT2D eigenvalue weighted by Gasteiger charge is 1.98. The summed E-state index contributed by atoms with van der Waals surface area (Å²) in [6.45, 7) is 5.37. The van der Waals surface area contributed by atoms with Crippen LogP contribution in [0.1, 0.15) is 6.92 Å². The molecular weight excluding hydrogens is 170 g/mol. The van der Waals surface area contributed by atoms with Gasteiger partial charge < -0.3 is 5.73 Å². The third kappa shape index (κ3) is 26.3. The Kier molecular flexibility index (Phi) is 9.20. The molecule has 0 amide bonds. The van der Waals surface area contributed by atoms with Gasteiger partial charge in [-0.2, -0.15) is 8.42 Å². The molecule has 0 aromatic carbocycles. The highest BCUT2D eigenvalue weighted by molar-refractivity contribution is 7.80. The summed E-state index contributed by atoms with van der Waals surface area (Å²) in [5.74, 6) is 0. The number of hydrogen-bond donors (Lipinski definition) is 2. The van der Waals surface area contributed by atoms with Crippen molar-refractivity contribution in [2.75, 3.05) is 13.2 Å². The summed E-state index contributed by atoms with van der Waals surface area (Å²) >= 11 is 0. The summed E-state index contributed by atoms with van der Waals surface area (Å²) in [4.78, 5) is 0. The number of rotatable bonds is 3. The van der Waals surface area contributed by atoms with Gasteiger partial charge in [0.1, 0.15) is 0 Å². The maximum absolute atomic E-state index is 9.56. The van der Waals surface area contributed by atoms with Crippen molar-refractivity contribution in [2.45, 2.75) is 6.92 Å². The lowest BCUT2D eigenvalue weighted by Gasteiger charge is -1.88. The second-order valence-corrected chi connectivity index (χ2v) is 2.45. The van der Waals surface area contributed by atoms with E-state index < -0.39 is 10.4 Å². The van der Waals surface area contributed by atoms with E-state index in [1.165, 1.54) is 6.92 Å². The van der Waals surface area contributed by atoms with E-state index in [1.807, 2.05) is 0 Å². The Morgan fingerprint density at radius 2 is 2.09 bits per heavy atom. The SMILES string of the molecule is C=CCN.CCOS(=O)(=O)O. The molecule has 0 bridgehead atoms. The Bertz CT molecular complexity index is 175. The van der Waals surface area contributed by atoms with E-state index in [9.17, 15) is 8.42 Å². The van der Waals surface area contributed by atoms with Crippen LogP contribution in [-0.2, 0) is 14.6 Å². The fourth-order valence-electron chi connectivity index (χ4n) is 0.149. The molecule has 68 valence electrons. The first kappa shape index (κ1) is 13.2. The van der Waals surface area contributed by atoms with Crippen LogP contribution in [0.15, 0.2) is 12.7 Å². The van der Waals surface area contributed by atoms with Crippen molar-refractivity contribution in [3.8, 4) is 0 Å². The van der Waals surface area contributed by atoms with Crippen LogP contribution in [0.3, 0.4) is 0 Å². The van der Waals surface area contributed by atoms with Crippen LogP contribution in [0.5, 0.6) is 0 Å². The van der Waals surface area contributed by atoms with Crippen LogP contribution >= 0.6 is 0 Å². The van der Waals surface area contributed by atoms with Crippen molar-refractivity contribution in [1.29, 1.82) is 0 Å². The number of hydrogen-bond acceptors (Lipinski definition) is 4. The van der Waals surface area contributed by atoms with Gasteiger partial charge in [-0.25, -0.2) is 4.18 Å². The van der Waals surface area contributed by atoms with Gasteiger partial charge in [0.2, 0.25) is 0 Å². The molecule has 0 aliphatic carbocycles. The summed E-state index contributed by atoms with van der Waals surface area (Å²) in [5, 5.41) is 0. The van der Waals surface area contributed by atoms with Crippen LogP contribution in [0, 0.1) is 0 Å². The van der Waals surface area contributed by atoms with Crippen molar-refractivity contribution in [2.24, 2.45) is 5.73 Å². The van der Waals surface area contributed by atoms with E-state index in [2.05, 4.69) is 10.8 Å². The second kappa shape index (κ2) is 7.67. The second-order valence-electron chi connectivity index (χ2n) is 1.36. The molecule has 11 heavy (non-hydrogen) atoms. The Morgan fingerprint density at radius 3 is 2.09 bits per heavy atom. The van der Waals surface area contributed by atoms with Crippen molar-refractivity contribution in [3.05, 3.63) is 12.7 Å². The molecule has 0 rings (SSSR count). The molecule has 0 spiro atoms. The molecule has 0 fully saturated rings. The molecule has 0 radical (unpaired) electrons. The maximum Gasteiger partial charge on any atom is 0.397 e. The van der Waals surface area contributed by atoms with E-state index in [4.69, 9.17) is 10.3 Å². The standard InChI is InChI=1S/C3H7N.C2H6O4S/c1-2-3-4;1-2-6-7(3,4)5/h2H,1,3-4H2;2H2,1H3,(H,3,4,5). The number of nitrogens with two attached hydrogens (primary N) is 1. The minimum Gasteiger partial charge on any atom is -0.327 e. The topological polar surface area (TPSA) is 89.6 Å². The van der Waals surface area contributed by atoms with Crippen molar-refractivity contribution in [3.63, 3.8) is 0 Å². The summed E-state index contributed by atoms with van der Waals surface area (Å²) < 4.78 is 30.7. The van der Waals surface area contributed by atoms with Gasteiger partial charge in [0.05, 0.1) is 6.61 Å². The fourth-order valence-corrected chi connectivity index (χ4v) is 0.447. The molecule has 0 aliphatic heterocycles. The third-order valence-electron chi connectivity index (χ3n) is 0.433. The van der Waals surface area contributed by atoms with Gasteiger partial charge in [0.15, 0.2) is 0 Å². The summed E-state index contributed by atoms with van der Waals surface area (Å²) in [5.41, 5.74) is 4.91. The first-order valence-corrected chi connectivity index (χ1v) is 4.27. The maximum atomic E-state index is 9.56. The van der Waals surface area contributed by atoms with E-state index in [-0.39, 0.29) is 6.61 Å². The highest BCUT2D eigenvalue weighted by Crippen LogP contribution is 1.81. The molecule has 0 saturated heterocycles. The third-order valence-corrected chi connectivity index (χ3v) is 0.967. The van der Waals surface area contributed by atoms with Crippen LogP contribution < -0.4 is 5.73 Å². The Labute approximate surface area is 66.8 Å². The van der Waals surface area contributed by atoms with E-state index in [0.717, 1.165) is 0 Å². The zero-order valence-corrected chi connectivity index (χ0v) is 7.17. The van der Waals surface area contributed by atoms with Gasteiger partial charge in [0.25, 0.3) is 0 Å². The molecule has 3 N–H and O–H groups in total. The summed E-state index contributed by atoms with van der Waals surface area (Å²) in [6.07, 6.45) is 1.65. The minimum absolute atomic E-state index is 0.0289.